The van der Waals surface area contributed by atoms with Gasteiger partial charge in [-0.2, -0.15) is 0 Å². The van der Waals surface area contributed by atoms with Gasteiger partial charge < -0.3 is 25.4 Å². The fourth-order valence-corrected chi connectivity index (χ4v) is 3.59. The predicted octanol–water partition coefficient (Wildman–Crippen LogP) is 2.73. The third-order valence-corrected chi connectivity index (χ3v) is 5.29. The molecule has 0 bridgehead atoms. The number of benzene rings is 1. The molecule has 0 saturated heterocycles. The van der Waals surface area contributed by atoms with Crippen LogP contribution in [0.4, 0.5) is 5.69 Å². The third kappa shape index (κ3) is 5.35. The van der Waals surface area contributed by atoms with E-state index in [-0.39, 0.29) is 17.7 Å². The van der Waals surface area contributed by atoms with Gasteiger partial charge in [0.05, 0.1) is 7.11 Å². The van der Waals surface area contributed by atoms with Crippen LogP contribution >= 0.6 is 0 Å². The van der Waals surface area contributed by atoms with E-state index in [1.165, 1.54) is 0 Å². The largest absolute Gasteiger partial charge is 0.493 e. The van der Waals surface area contributed by atoms with Crippen molar-refractivity contribution in [1.82, 2.24) is 4.90 Å². The number of carbonyl (C=O) groups excluding carboxylic acids is 1. The van der Waals surface area contributed by atoms with Gasteiger partial charge in [-0.15, -0.1) is 0 Å². The van der Waals surface area contributed by atoms with Crippen molar-refractivity contribution in [1.29, 1.82) is 0 Å². The number of likely N-dealkylation sites (N-methyl/N-ethyl adjacent to an activating group) is 1. The lowest BCUT2D eigenvalue weighted by atomic mass is 9.95. The second-order valence-corrected chi connectivity index (χ2v) is 6.76. The highest BCUT2D eigenvalue weighted by Crippen LogP contribution is 2.34. The summed E-state index contributed by atoms with van der Waals surface area (Å²) in [6.07, 6.45) is 3.02. The molecule has 2 rings (SSSR count). The first kappa shape index (κ1) is 20.5. The van der Waals surface area contributed by atoms with Crippen LogP contribution in [-0.2, 0) is 4.79 Å². The number of carbonyl (C=O) groups is 1. The highest BCUT2D eigenvalue weighted by atomic mass is 16.5. The fraction of sp³-hybridized carbons (Fsp3) is 0.650. The Balaban J connectivity index is 2.00. The highest BCUT2D eigenvalue weighted by molar-refractivity contribution is 5.93. The molecule has 0 aromatic heterocycles. The van der Waals surface area contributed by atoms with Crippen molar-refractivity contribution in [3.8, 4) is 11.5 Å². The molecule has 1 aromatic carbocycles. The monoisotopic (exact) mass is 363 g/mol. The number of nitrogens with two attached hydrogens (primary N) is 1. The van der Waals surface area contributed by atoms with Gasteiger partial charge in [-0.3, -0.25) is 4.79 Å². The smallest absolute Gasteiger partial charge is 0.227 e. The number of hydrogen-bond acceptors (Lipinski definition) is 5. The molecule has 146 valence electrons. The van der Waals surface area contributed by atoms with E-state index < -0.39 is 0 Å². The topological polar surface area (TPSA) is 76.8 Å². The zero-order valence-corrected chi connectivity index (χ0v) is 16.3. The Kier molecular flexibility index (Phi) is 8.19. The van der Waals surface area contributed by atoms with Crippen LogP contribution in [-0.4, -0.2) is 50.7 Å². The van der Waals surface area contributed by atoms with Gasteiger partial charge in [-0.1, -0.05) is 20.3 Å². The molecule has 6 heteroatoms. The second-order valence-electron chi connectivity index (χ2n) is 6.76. The van der Waals surface area contributed by atoms with E-state index in [9.17, 15) is 4.79 Å². The molecule has 2 atom stereocenters. The standard InChI is InChI=1S/C20H33N3O3/c1-4-23(5-2)11-12-26-19-13-16(9-10-18(19)25-3)22-20(24)17-8-6-7-15(17)14-21/h9-10,13,15,17H,4-8,11-12,14,21H2,1-3H3,(H,22,24)/t15-,17-/m1/s1. The van der Waals surface area contributed by atoms with Crippen LogP contribution < -0.4 is 20.5 Å². The van der Waals surface area contributed by atoms with Gasteiger partial charge in [0.1, 0.15) is 6.61 Å². The van der Waals surface area contributed by atoms with Gasteiger partial charge in [0.25, 0.3) is 0 Å². The van der Waals surface area contributed by atoms with E-state index >= 15 is 0 Å². The van der Waals surface area contributed by atoms with Gasteiger partial charge in [0, 0.05) is 24.2 Å². The molecule has 1 amide bonds. The van der Waals surface area contributed by atoms with Crippen LogP contribution in [0.25, 0.3) is 0 Å². The Bertz CT molecular complexity index is 575. The minimum Gasteiger partial charge on any atom is -0.493 e. The van der Waals surface area contributed by atoms with Crippen molar-refractivity contribution in [2.75, 3.05) is 45.2 Å². The van der Waals surface area contributed by atoms with Crippen LogP contribution in [0.2, 0.25) is 0 Å². The maximum atomic E-state index is 12.6. The Morgan fingerprint density at radius 1 is 1.27 bits per heavy atom. The summed E-state index contributed by atoms with van der Waals surface area (Å²) >= 11 is 0. The lowest BCUT2D eigenvalue weighted by molar-refractivity contribution is -0.120. The SMILES string of the molecule is CCN(CC)CCOc1cc(NC(=O)[C@@H]2CCC[C@@H]2CN)ccc1OC. The summed E-state index contributed by atoms with van der Waals surface area (Å²) in [5.41, 5.74) is 6.53. The maximum absolute atomic E-state index is 12.6. The summed E-state index contributed by atoms with van der Waals surface area (Å²) in [5, 5.41) is 3.02. The molecule has 1 aromatic rings. The van der Waals surface area contributed by atoms with E-state index in [1.807, 2.05) is 18.2 Å². The van der Waals surface area contributed by atoms with Gasteiger partial charge in [0.15, 0.2) is 11.5 Å². The Morgan fingerprint density at radius 2 is 2.04 bits per heavy atom. The number of nitrogens with zero attached hydrogens (tertiary/aromatic N) is 1. The molecule has 1 fully saturated rings. The predicted molar refractivity (Wildman–Crippen MR) is 105 cm³/mol. The van der Waals surface area contributed by atoms with E-state index in [4.69, 9.17) is 15.2 Å². The van der Waals surface area contributed by atoms with E-state index in [0.717, 1.165) is 44.6 Å². The molecule has 0 heterocycles. The van der Waals surface area contributed by atoms with Crippen LogP contribution in [0.1, 0.15) is 33.1 Å². The average molecular weight is 364 g/mol. The number of anilines is 1. The molecule has 3 N–H and O–H groups in total. The maximum Gasteiger partial charge on any atom is 0.227 e. The molecular formula is C20H33N3O3. The summed E-state index contributed by atoms with van der Waals surface area (Å²) in [6, 6.07) is 5.52. The molecule has 0 aliphatic heterocycles. The first-order chi connectivity index (χ1) is 12.6. The summed E-state index contributed by atoms with van der Waals surface area (Å²) in [7, 11) is 1.62. The van der Waals surface area contributed by atoms with Crippen LogP contribution in [0.15, 0.2) is 18.2 Å². The van der Waals surface area contributed by atoms with Crippen molar-refractivity contribution < 1.29 is 14.3 Å². The van der Waals surface area contributed by atoms with E-state index in [1.54, 1.807) is 7.11 Å². The molecular weight excluding hydrogens is 330 g/mol. The van der Waals surface area contributed by atoms with Crippen LogP contribution in [0.3, 0.4) is 0 Å². The first-order valence-corrected chi connectivity index (χ1v) is 9.67. The Morgan fingerprint density at radius 3 is 2.69 bits per heavy atom. The second kappa shape index (κ2) is 10.4. The minimum absolute atomic E-state index is 0.00846. The van der Waals surface area contributed by atoms with Crippen molar-refractivity contribution >= 4 is 11.6 Å². The fourth-order valence-electron chi connectivity index (χ4n) is 3.59. The number of ether oxygens (including phenoxy) is 2. The summed E-state index contributed by atoms with van der Waals surface area (Å²) in [4.78, 5) is 14.9. The number of nitrogens with one attached hydrogen (secondary N) is 1. The molecule has 1 saturated carbocycles. The molecule has 0 unspecified atom stereocenters. The van der Waals surface area contributed by atoms with Gasteiger partial charge in [0.2, 0.25) is 5.91 Å². The van der Waals surface area contributed by atoms with Gasteiger partial charge >= 0.3 is 0 Å². The van der Waals surface area contributed by atoms with Crippen molar-refractivity contribution in [2.45, 2.75) is 33.1 Å². The number of rotatable bonds is 10. The quantitative estimate of drug-likeness (QED) is 0.668. The minimum atomic E-state index is 0.00846. The zero-order valence-electron chi connectivity index (χ0n) is 16.3. The lowest BCUT2D eigenvalue weighted by Gasteiger charge is -2.20. The lowest BCUT2D eigenvalue weighted by Crippen LogP contribution is -2.29. The molecule has 0 radical (unpaired) electrons. The molecule has 1 aliphatic rings. The first-order valence-electron chi connectivity index (χ1n) is 9.67. The highest BCUT2D eigenvalue weighted by Gasteiger charge is 2.31. The van der Waals surface area contributed by atoms with Gasteiger partial charge in [-0.25, -0.2) is 0 Å². The molecule has 26 heavy (non-hydrogen) atoms. The van der Waals surface area contributed by atoms with Crippen molar-refractivity contribution in [3.05, 3.63) is 18.2 Å². The number of methoxy groups -OCH3 is 1. The van der Waals surface area contributed by atoms with Gasteiger partial charge in [-0.05, 0) is 50.5 Å². The zero-order chi connectivity index (χ0) is 18.9. The summed E-state index contributed by atoms with van der Waals surface area (Å²) in [6.45, 7) is 8.27. The van der Waals surface area contributed by atoms with E-state index in [0.29, 0.717) is 24.7 Å². The molecule has 0 spiro atoms. The van der Waals surface area contributed by atoms with Crippen LogP contribution in [0, 0.1) is 11.8 Å². The normalized spacial score (nSPS) is 19.6. The average Bonchev–Trinajstić information content (AvgIpc) is 3.14. The number of hydrogen-bond donors (Lipinski definition) is 2. The summed E-state index contributed by atoms with van der Waals surface area (Å²) < 4.78 is 11.3. The molecule has 1 aliphatic carbocycles. The Hall–Kier alpha value is -1.79. The van der Waals surface area contributed by atoms with Crippen molar-refractivity contribution in [2.24, 2.45) is 17.6 Å². The number of amides is 1. The Labute approximate surface area is 157 Å². The van der Waals surface area contributed by atoms with E-state index in [2.05, 4.69) is 24.1 Å². The summed E-state index contributed by atoms with van der Waals surface area (Å²) in [5.74, 6) is 1.67. The molecule has 6 nitrogen and oxygen atoms in total. The third-order valence-electron chi connectivity index (χ3n) is 5.29. The van der Waals surface area contributed by atoms with Crippen LogP contribution in [0.5, 0.6) is 11.5 Å². The van der Waals surface area contributed by atoms with Crippen molar-refractivity contribution in [3.63, 3.8) is 0 Å².